The van der Waals surface area contributed by atoms with Gasteiger partial charge in [0.1, 0.15) is 5.82 Å². The van der Waals surface area contributed by atoms with Crippen molar-refractivity contribution in [3.63, 3.8) is 0 Å². The Morgan fingerprint density at radius 1 is 1.31 bits per heavy atom. The lowest BCUT2D eigenvalue weighted by Gasteiger charge is -2.13. The molecule has 0 radical (unpaired) electrons. The van der Waals surface area contributed by atoms with Crippen LogP contribution in [0.2, 0.25) is 0 Å². The second-order valence-electron chi connectivity index (χ2n) is 4.05. The van der Waals surface area contributed by atoms with Gasteiger partial charge in [-0.05, 0) is 24.6 Å². The van der Waals surface area contributed by atoms with Gasteiger partial charge >= 0.3 is 0 Å². The molecule has 16 heavy (non-hydrogen) atoms. The molecule has 1 aromatic rings. The van der Waals surface area contributed by atoms with Gasteiger partial charge in [-0.1, -0.05) is 48.7 Å². The molecule has 90 valence electrons. The molecule has 0 saturated heterocycles. The highest BCUT2D eigenvalue weighted by Gasteiger charge is 2.05. The normalized spacial score (nSPS) is 11.1. The van der Waals surface area contributed by atoms with Crippen LogP contribution in [0.5, 0.6) is 0 Å². The van der Waals surface area contributed by atoms with Gasteiger partial charge in [0.15, 0.2) is 0 Å². The van der Waals surface area contributed by atoms with E-state index in [0.717, 1.165) is 16.6 Å². The number of nitrogens with one attached hydrogen (secondary N) is 1. The molecule has 0 fully saturated rings. The van der Waals surface area contributed by atoms with Gasteiger partial charge in [-0.3, -0.25) is 0 Å². The molecule has 0 aliphatic heterocycles. The number of hydrogen-bond acceptors (Lipinski definition) is 1. The first kappa shape index (κ1) is 13.7. The van der Waals surface area contributed by atoms with Gasteiger partial charge in [0.05, 0.1) is 0 Å². The van der Waals surface area contributed by atoms with Crippen molar-refractivity contribution >= 4 is 15.9 Å². The van der Waals surface area contributed by atoms with Crippen molar-refractivity contribution in [1.82, 2.24) is 5.32 Å². The van der Waals surface area contributed by atoms with Gasteiger partial charge in [-0.2, -0.15) is 0 Å². The summed E-state index contributed by atoms with van der Waals surface area (Å²) in [5.41, 5.74) is 0.731. The monoisotopic (exact) mass is 287 g/mol. The van der Waals surface area contributed by atoms with E-state index in [1.165, 1.54) is 18.9 Å². The van der Waals surface area contributed by atoms with Gasteiger partial charge in [-0.25, -0.2) is 4.39 Å². The molecule has 0 unspecified atom stereocenters. The second-order valence-corrected chi connectivity index (χ2v) is 4.96. The second kappa shape index (κ2) is 7.02. The van der Waals surface area contributed by atoms with Crippen molar-refractivity contribution in [3.05, 3.63) is 34.1 Å². The van der Waals surface area contributed by atoms with Crippen molar-refractivity contribution in [1.29, 1.82) is 0 Å². The smallest absolute Gasteiger partial charge is 0.128 e. The Morgan fingerprint density at radius 3 is 2.56 bits per heavy atom. The summed E-state index contributed by atoms with van der Waals surface area (Å²) in [5.74, 6) is 0.546. The molecule has 0 aliphatic carbocycles. The molecule has 0 spiro atoms. The summed E-state index contributed by atoms with van der Waals surface area (Å²) in [6.07, 6.45) is 2.35. The molecular formula is C13H19BrFN. The van der Waals surface area contributed by atoms with Gasteiger partial charge < -0.3 is 5.32 Å². The van der Waals surface area contributed by atoms with Crippen molar-refractivity contribution in [2.75, 3.05) is 6.54 Å². The maximum Gasteiger partial charge on any atom is 0.128 e. The summed E-state index contributed by atoms with van der Waals surface area (Å²) >= 11 is 3.25. The predicted octanol–water partition coefficient (Wildman–Crippen LogP) is 4.11. The molecule has 1 nitrogen and oxygen atoms in total. The van der Waals surface area contributed by atoms with Crippen LogP contribution in [-0.4, -0.2) is 6.54 Å². The van der Waals surface area contributed by atoms with Crippen LogP contribution in [0.1, 0.15) is 32.3 Å². The van der Waals surface area contributed by atoms with Crippen molar-refractivity contribution in [3.8, 4) is 0 Å². The maximum atomic E-state index is 13.5. The zero-order valence-electron chi connectivity index (χ0n) is 9.89. The van der Waals surface area contributed by atoms with E-state index in [1.54, 1.807) is 0 Å². The molecule has 3 heteroatoms. The predicted molar refractivity (Wildman–Crippen MR) is 69.9 cm³/mol. The average molecular weight is 288 g/mol. The van der Waals surface area contributed by atoms with Crippen molar-refractivity contribution < 1.29 is 4.39 Å². The van der Waals surface area contributed by atoms with Crippen LogP contribution in [0.4, 0.5) is 4.39 Å². The summed E-state index contributed by atoms with van der Waals surface area (Å²) in [7, 11) is 0. The third kappa shape index (κ3) is 4.22. The van der Waals surface area contributed by atoms with E-state index in [0.29, 0.717) is 12.5 Å². The van der Waals surface area contributed by atoms with Gasteiger partial charge in [0, 0.05) is 16.6 Å². The van der Waals surface area contributed by atoms with E-state index in [-0.39, 0.29) is 5.82 Å². The van der Waals surface area contributed by atoms with E-state index in [2.05, 4.69) is 35.1 Å². The first-order valence-electron chi connectivity index (χ1n) is 5.82. The Hall–Kier alpha value is -0.410. The lowest BCUT2D eigenvalue weighted by molar-refractivity contribution is 0.446. The molecule has 1 aromatic carbocycles. The zero-order chi connectivity index (χ0) is 12.0. The topological polar surface area (TPSA) is 12.0 Å². The first-order valence-corrected chi connectivity index (χ1v) is 6.61. The lowest BCUT2D eigenvalue weighted by atomic mass is 10.0. The maximum absolute atomic E-state index is 13.5. The fraction of sp³-hybridized carbons (Fsp3) is 0.538. The van der Waals surface area contributed by atoms with Crippen LogP contribution in [0.15, 0.2) is 22.7 Å². The van der Waals surface area contributed by atoms with Crippen LogP contribution < -0.4 is 5.32 Å². The minimum Gasteiger partial charge on any atom is -0.312 e. The Morgan fingerprint density at radius 2 is 2.00 bits per heavy atom. The molecule has 0 amide bonds. The number of benzene rings is 1. The highest BCUT2D eigenvalue weighted by atomic mass is 79.9. The number of rotatable bonds is 6. The van der Waals surface area contributed by atoms with E-state index >= 15 is 0 Å². The number of halogens is 2. The SMILES string of the molecule is CCC(CC)CNCc1ccc(Br)cc1F. The molecule has 1 N–H and O–H groups in total. The van der Waals surface area contributed by atoms with E-state index in [4.69, 9.17) is 0 Å². The molecular weight excluding hydrogens is 269 g/mol. The molecule has 0 saturated carbocycles. The van der Waals surface area contributed by atoms with Crippen LogP contribution >= 0.6 is 15.9 Å². The number of hydrogen-bond donors (Lipinski definition) is 1. The van der Waals surface area contributed by atoms with Crippen LogP contribution in [0.3, 0.4) is 0 Å². The Bertz CT molecular complexity index is 324. The summed E-state index contributed by atoms with van der Waals surface area (Å²) in [6.45, 7) is 5.95. The van der Waals surface area contributed by atoms with Crippen molar-refractivity contribution in [2.45, 2.75) is 33.2 Å². The average Bonchev–Trinajstić information content (AvgIpc) is 2.27. The highest BCUT2D eigenvalue weighted by molar-refractivity contribution is 9.10. The standard InChI is InChI=1S/C13H19BrFN/c1-3-10(4-2)8-16-9-11-5-6-12(14)7-13(11)15/h5-7,10,16H,3-4,8-9H2,1-2H3. The highest BCUT2D eigenvalue weighted by Crippen LogP contribution is 2.15. The van der Waals surface area contributed by atoms with E-state index in [1.807, 2.05) is 12.1 Å². The van der Waals surface area contributed by atoms with Gasteiger partial charge in [0.2, 0.25) is 0 Å². The fourth-order valence-corrected chi connectivity index (χ4v) is 1.99. The summed E-state index contributed by atoms with van der Waals surface area (Å²) in [5, 5.41) is 3.31. The van der Waals surface area contributed by atoms with Crippen LogP contribution in [0, 0.1) is 11.7 Å². The fourth-order valence-electron chi connectivity index (χ4n) is 1.65. The molecule has 0 aromatic heterocycles. The minimum atomic E-state index is -0.147. The van der Waals surface area contributed by atoms with Crippen LogP contribution in [0.25, 0.3) is 0 Å². The molecule has 1 rings (SSSR count). The summed E-state index contributed by atoms with van der Waals surface area (Å²) < 4.78 is 14.3. The molecule has 0 heterocycles. The summed E-state index contributed by atoms with van der Waals surface area (Å²) in [4.78, 5) is 0. The quantitative estimate of drug-likeness (QED) is 0.830. The summed E-state index contributed by atoms with van der Waals surface area (Å²) in [6, 6.07) is 5.20. The molecule has 0 atom stereocenters. The Kier molecular flexibility index (Phi) is 5.99. The first-order chi connectivity index (χ1) is 7.67. The Balaban J connectivity index is 2.42. The molecule has 0 aliphatic rings. The third-order valence-electron chi connectivity index (χ3n) is 2.92. The van der Waals surface area contributed by atoms with Gasteiger partial charge in [0.25, 0.3) is 0 Å². The lowest BCUT2D eigenvalue weighted by Crippen LogP contribution is -2.22. The molecule has 0 bridgehead atoms. The van der Waals surface area contributed by atoms with Crippen molar-refractivity contribution in [2.24, 2.45) is 5.92 Å². The van der Waals surface area contributed by atoms with Gasteiger partial charge in [-0.15, -0.1) is 0 Å². The Labute approximate surface area is 106 Å². The zero-order valence-corrected chi connectivity index (χ0v) is 11.5. The minimum absolute atomic E-state index is 0.147. The van der Waals surface area contributed by atoms with E-state index in [9.17, 15) is 4.39 Å². The third-order valence-corrected chi connectivity index (χ3v) is 3.41. The largest absolute Gasteiger partial charge is 0.312 e. The van der Waals surface area contributed by atoms with E-state index < -0.39 is 0 Å². The van der Waals surface area contributed by atoms with Crippen LogP contribution in [-0.2, 0) is 6.54 Å².